The zero-order valence-electron chi connectivity index (χ0n) is 14.7. The molecule has 0 aliphatic heterocycles. The Hall–Kier alpha value is -3.02. The lowest BCUT2D eigenvalue weighted by molar-refractivity contribution is 0.326. The van der Waals surface area contributed by atoms with Crippen molar-refractivity contribution in [2.45, 2.75) is 25.4 Å². The highest BCUT2D eigenvalue weighted by atomic mass is 19.1. The van der Waals surface area contributed by atoms with Gasteiger partial charge in [0.25, 0.3) is 0 Å². The molecule has 0 radical (unpaired) electrons. The smallest absolute Gasteiger partial charge is 0.222 e. The van der Waals surface area contributed by atoms with E-state index >= 15 is 0 Å². The first-order chi connectivity index (χ1) is 12.5. The molecule has 1 N–H and O–H groups in total. The minimum Gasteiger partial charge on any atom is -0.351 e. The minimum absolute atomic E-state index is 0.259. The minimum atomic E-state index is -1.08. The predicted octanol–water partition coefficient (Wildman–Crippen LogP) is 4.05. The van der Waals surface area contributed by atoms with E-state index in [1.54, 1.807) is 23.0 Å². The molecule has 3 aromatic rings. The lowest BCUT2D eigenvalue weighted by Gasteiger charge is -2.12. The average molecular weight is 349 g/mol. The fraction of sp³-hybridized carbons (Fsp3) is 0.250. The van der Waals surface area contributed by atoms with Crippen LogP contribution in [0.4, 0.5) is 10.3 Å². The summed E-state index contributed by atoms with van der Waals surface area (Å²) in [6, 6.07) is 3.98. The van der Waals surface area contributed by atoms with Crippen molar-refractivity contribution in [1.29, 1.82) is 0 Å². The molecule has 6 heteroatoms. The standard InChI is InChI=1S/C20H20FN5/c1-4-15-10-24-26-8-5-16(9-18(15)26)13(2)17-11-22-19(25-14(17)3)23-12-20(21)6-7-20/h4-5,8-11H,1-2,6-7,12H2,3H3,(H,22,23,25). The summed E-state index contributed by atoms with van der Waals surface area (Å²) in [5, 5.41) is 7.27. The normalized spacial score (nSPS) is 15.0. The second-order valence-electron chi connectivity index (χ2n) is 6.72. The Morgan fingerprint density at radius 3 is 2.92 bits per heavy atom. The monoisotopic (exact) mass is 349 g/mol. The topological polar surface area (TPSA) is 55.1 Å². The predicted molar refractivity (Wildman–Crippen MR) is 102 cm³/mol. The number of aryl methyl sites for hydroxylation is 1. The van der Waals surface area contributed by atoms with Gasteiger partial charge in [-0.15, -0.1) is 0 Å². The molecule has 1 saturated carbocycles. The van der Waals surface area contributed by atoms with Crippen molar-refractivity contribution in [3.05, 3.63) is 66.3 Å². The van der Waals surface area contributed by atoms with Crippen LogP contribution in [0.25, 0.3) is 17.2 Å². The summed E-state index contributed by atoms with van der Waals surface area (Å²) in [6.45, 7) is 10.2. The Bertz CT molecular complexity index is 1020. The number of aromatic nitrogens is 4. The lowest BCUT2D eigenvalue weighted by Crippen LogP contribution is -2.18. The molecule has 0 bridgehead atoms. The third kappa shape index (κ3) is 2.98. The van der Waals surface area contributed by atoms with E-state index < -0.39 is 5.67 Å². The summed E-state index contributed by atoms with van der Waals surface area (Å²) in [5.41, 5.74) is 4.31. The molecule has 4 rings (SSSR count). The van der Waals surface area contributed by atoms with Gasteiger partial charge >= 0.3 is 0 Å². The number of fused-ring (bicyclic) bond motifs is 1. The van der Waals surface area contributed by atoms with Crippen LogP contribution in [-0.2, 0) is 0 Å². The third-order valence-electron chi connectivity index (χ3n) is 4.78. The fourth-order valence-electron chi connectivity index (χ4n) is 2.90. The first kappa shape index (κ1) is 16.4. The van der Waals surface area contributed by atoms with E-state index in [0.29, 0.717) is 18.8 Å². The number of anilines is 1. The van der Waals surface area contributed by atoms with Gasteiger partial charge in [0, 0.05) is 23.5 Å². The molecule has 0 saturated heterocycles. The van der Waals surface area contributed by atoms with E-state index in [-0.39, 0.29) is 6.54 Å². The zero-order valence-corrected chi connectivity index (χ0v) is 14.7. The maximum absolute atomic E-state index is 13.7. The molecular weight excluding hydrogens is 329 g/mol. The van der Waals surface area contributed by atoms with Gasteiger partial charge in [-0.25, -0.2) is 18.9 Å². The molecular formula is C20H20FN5. The molecule has 0 spiro atoms. The van der Waals surface area contributed by atoms with E-state index in [1.165, 1.54) is 0 Å². The van der Waals surface area contributed by atoms with Crippen LogP contribution >= 0.6 is 0 Å². The first-order valence-electron chi connectivity index (χ1n) is 8.55. The van der Waals surface area contributed by atoms with Crippen LogP contribution in [0.5, 0.6) is 0 Å². The van der Waals surface area contributed by atoms with Gasteiger partial charge in [-0.2, -0.15) is 5.10 Å². The summed E-state index contributed by atoms with van der Waals surface area (Å²) < 4.78 is 15.5. The Morgan fingerprint density at radius 2 is 2.23 bits per heavy atom. The van der Waals surface area contributed by atoms with Crippen molar-refractivity contribution < 1.29 is 4.39 Å². The van der Waals surface area contributed by atoms with Crippen LogP contribution < -0.4 is 5.32 Å². The highest BCUT2D eigenvalue weighted by Gasteiger charge is 2.43. The molecule has 0 aromatic carbocycles. The summed E-state index contributed by atoms with van der Waals surface area (Å²) in [4.78, 5) is 8.77. The second kappa shape index (κ2) is 6.05. The number of pyridine rings is 1. The van der Waals surface area contributed by atoms with Crippen LogP contribution in [-0.4, -0.2) is 31.8 Å². The zero-order chi connectivity index (χ0) is 18.3. The Labute approximate surface area is 151 Å². The Balaban J connectivity index is 1.60. The highest BCUT2D eigenvalue weighted by Crippen LogP contribution is 2.39. The molecule has 0 atom stereocenters. The fourth-order valence-corrected chi connectivity index (χ4v) is 2.90. The molecule has 132 valence electrons. The summed E-state index contributed by atoms with van der Waals surface area (Å²) in [6.07, 6.45) is 8.41. The number of rotatable bonds is 6. The van der Waals surface area contributed by atoms with Crippen molar-refractivity contribution in [2.24, 2.45) is 0 Å². The van der Waals surface area contributed by atoms with Gasteiger partial charge in [0.2, 0.25) is 5.95 Å². The molecule has 3 aromatic heterocycles. The molecule has 3 heterocycles. The van der Waals surface area contributed by atoms with E-state index in [2.05, 4.69) is 33.5 Å². The van der Waals surface area contributed by atoms with E-state index in [0.717, 1.165) is 33.5 Å². The van der Waals surface area contributed by atoms with Crippen molar-refractivity contribution in [2.75, 3.05) is 11.9 Å². The summed E-state index contributed by atoms with van der Waals surface area (Å²) in [7, 11) is 0. The second-order valence-corrected chi connectivity index (χ2v) is 6.72. The first-order valence-corrected chi connectivity index (χ1v) is 8.55. The summed E-state index contributed by atoms with van der Waals surface area (Å²) in [5.74, 6) is 0.447. The largest absolute Gasteiger partial charge is 0.351 e. The molecule has 1 aliphatic carbocycles. The van der Waals surface area contributed by atoms with E-state index in [4.69, 9.17) is 0 Å². The lowest BCUT2D eigenvalue weighted by atomic mass is 10.00. The van der Waals surface area contributed by atoms with Crippen LogP contribution in [0.1, 0.15) is 35.2 Å². The van der Waals surface area contributed by atoms with Crippen LogP contribution in [0.15, 0.2) is 43.9 Å². The van der Waals surface area contributed by atoms with Crippen LogP contribution in [0.2, 0.25) is 0 Å². The number of alkyl halides is 1. The molecule has 5 nitrogen and oxygen atoms in total. The number of halogens is 1. The van der Waals surface area contributed by atoms with Crippen LogP contribution in [0, 0.1) is 6.92 Å². The quantitative estimate of drug-likeness (QED) is 0.729. The van der Waals surface area contributed by atoms with Gasteiger partial charge in [0.1, 0.15) is 5.67 Å². The summed E-state index contributed by atoms with van der Waals surface area (Å²) >= 11 is 0. The van der Waals surface area contributed by atoms with E-state index in [1.807, 2.05) is 25.3 Å². The molecule has 1 fully saturated rings. The molecule has 0 unspecified atom stereocenters. The number of nitrogens with one attached hydrogen (secondary N) is 1. The maximum Gasteiger partial charge on any atom is 0.222 e. The highest BCUT2D eigenvalue weighted by molar-refractivity contribution is 5.82. The van der Waals surface area contributed by atoms with Gasteiger partial charge in [-0.3, -0.25) is 0 Å². The maximum atomic E-state index is 13.7. The van der Waals surface area contributed by atoms with Crippen LogP contribution in [0.3, 0.4) is 0 Å². The average Bonchev–Trinajstić information content (AvgIpc) is 3.24. The molecule has 26 heavy (non-hydrogen) atoms. The number of hydrogen-bond donors (Lipinski definition) is 1. The van der Waals surface area contributed by atoms with Crippen molar-refractivity contribution in [3.63, 3.8) is 0 Å². The van der Waals surface area contributed by atoms with E-state index in [9.17, 15) is 4.39 Å². The van der Waals surface area contributed by atoms with Gasteiger partial charge in [0.15, 0.2) is 0 Å². The number of nitrogens with zero attached hydrogens (tertiary/aromatic N) is 4. The van der Waals surface area contributed by atoms with Crippen molar-refractivity contribution in [3.8, 4) is 0 Å². The van der Waals surface area contributed by atoms with Gasteiger partial charge in [-0.05, 0) is 43.0 Å². The Morgan fingerprint density at radius 1 is 1.42 bits per heavy atom. The van der Waals surface area contributed by atoms with Gasteiger partial charge in [0.05, 0.1) is 24.0 Å². The molecule has 1 aliphatic rings. The van der Waals surface area contributed by atoms with Gasteiger partial charge in [-0.1, -0.05) is 19.2 Å². The van der Waals surface area contributed by atoms with Crippen molar-refractivity contribution in [1.82, 2.24) is 19.6 Å². The Kier molecular flexibility index (Phi) is 3.83. The van der Waals surface area contributed by atoms with Crippen molar-refractivity contribution >= 4 is 23.1 Å². The SMILES string of the molecule is C=Cc1cnn2ccc(C(=C)c3cnc(NCC4(F)CC4)nc3C)cc12. The third-order valence-corrected chi connectivity index (χ3v) is 4.78. The molecule has 0 amide bonds. The number of hydrogen-bond acceptors (Lipinski definition) is 4. The van der Waals surface area contributed by atoms with Gasteiger partial charge < -0.3 is 5.32 Å².